The first-order chi connectivity index (χ1) is 30.2. The van der Waals surface area contributed by atoms with Crippen molar-refractivity contribution in [3.63, 3.8) is 0 Å². The van der Waals surface area contributed by atoms with Gasteiger partial charge in [0, 0.05) is 89.0 Å². The first kappa shape index (κ1) is 50.8. The summed E-state index contributed by atoms with van der Waals surface area (Å²) in [6.45, 7) is 23.6. The Kier molecular flexibility index (Phi) is 17.7. The summed E-state index contributed by atoms with van der Waals surface area (Å²) in [5, 5.41) is 3.43. The van der Waals surface area contributed by atoms with E-state index in [0.29, 0.717) is 26.3 Å². The summed E-state index contributed by atoms with van der Waals surface area (Å²) in [7, 11) is 0. The quantitative estimate of drug-likeness (QED) is 0.310. The number of aldehydes is 1. The van der Waals surface area contributed by atoms with Crippen LogP contribution in [0, 0.1) is 10.8 Å². The van der Waals surface area contributed by atoms with Crippen LogP contribution < -0.4 is 5.32 Å². The number of carbonyl (C=O) groups excluding carboxylic acids is 5. The maximum absolute atomic E-state index is 12.2. The molecule has 0 aliphatic carbocycles. The highest BCUT2D eigenvalue weighted by Crippen LogP contribution is 2.44. The molecule has 2 spiro atoms. The van der Waals surface area contributed by atoms with Crippen molar-refractivity contribution in [2.45, 2.75) is 117 Å². The number of fused-ring (bicyclic) bond motifs is 4. The summed E-state index contributed by atoms with van der Waals surface area (Å²) in [6, 6.07) is 17.4. The lowest BCUT2D eigenvalue weighted by atomic mass is 9.68. The van der Waals surface area contributed by atoms with Crippen molar-refractivity contribution in [3.8, 4) is 0 Å². The van der Waals surface area contributed by atoms with E-state index in [4.69, 9.17) is 9.47 Å². The Morgan fingerprint density at radius 1 is 0.609 bits per heavy atom. The normalized spacial score (nSPS) is 21.6. The highest BCUT2D eigenvalue weighted by Gasteiger charge is 2.44. The van der Waals surface area contributed by atoms with Crippen LogP contribution in [0.15, 0.2) is 48.5 Å². The number of likely N-dealkylation sites (tertiary alicyclic amines) is 3. The first-order valence-electron chi connectivity index (χ1n) is 23.6. The van der Waals surface area contributed by atoms with Crippen LogP contribution in [0.5, 0.6) is 0 Å². The highest BCUT2D eigenvalue weighted by molar-refractivity contribution is 5.85. The van der Waals surface area contributed by atoms with Gasteiger partial charge in [0.05, 0.1) is 13.2 Å². The zero-order valence-corrected chi connectivity index (χ0v) is 40.3. The lowest BCUT2D eigenvalue weighted by Crippen LogP contribution is -2.54. The van der Waals surface area contributed by atoms with E-state index in [2.05, 4.69) is 65.7 Å². The maximum atomic E-state index is 12.2. The molecule has 6 aliphatic heterocycles. The zero-order chi connectivity index (χ0) is 45.3. The fourth-order valence-electron chi connectivity index (χ4n) is 10.8. The second kappa shape index (κ2) is 22.3. The lowest BCUT2D eigenvalue weighted by Gasteiger charge is -2.50. The molecule has 0 saturated carbocycles. The Labute approximate surface area is 388 Å². The second-order valence-electron chi connectivity index (χ2n) is 19.6. The van der Waals surface area contributed by atoms with Crippen molar-refractivity contribution >= 4 is 42.7 Å². The number of piperidine rings is 4. The van der Waals surface area contributed by atoms with Gasteiger partial charge in [-0.05, 0) is 119 Å². The molecule has 0 bridgehead atoms. The van der Waals surface area contributed by atoms with Crippen LogP contribution in [0.25, 0.3) is 0 Å². The molecule has 6 aliphatic rings. The number of ether oxygens (including phenoxy) is 2. The minimum absolute atomic E-state index is 0. The van der Waals surface area contributed by atoms with Crippen molar-refractivity contribution in [2.24, 2.45) is 10.8 Å². The third-order valence-electron chi connectivity index (χ3n) is 15.0. The van der Waals surface area contributed by atoms with E-state index in [0.717, 1.165) is 130 Å². The van der Waals surface area contributed by atoms with Crippen molar-refractivity contribution in [3.05, 3.63) is 70.8 Å². The molecule has 4 saturated heterocycles. The highest BCUT2D eigenvalue weighted by atomic mass is 35.5. The molecule has 14 heteroatoms. The molecule has 2 aromatic rings. The molecule has 0 unspecified atom stereocenters. The second-order valence-corrected chi connectivity index (χ2v) is 19.6. The van der Waals surface area contributed by atoms with Gasteiger partial charge in [-0.15, -0.1) is 12.4 Å². The van der Waals surface area contributed by atoms with E-state index < -0.39 is 0 Å². The van der Waals surface area contributed by atoms with Crippen molar-refractivity contribution in [2.75, 3.05) is 85.2 Å². The van der Waals surface area contributed by atoms with Gasteiger partial charge in [0.1, 0.15) is 6.29 Å². The topological polar surface area (TPSA) is 132 Å². The number of nitrogens with one attached hydrogen (secondary N) is 1. The molecule has 2 aromatic carbocycles. The number of nitrogens with zero attached hydrogens (tertiary/aromatic N) is 5. The minimum Gasteiger partial charge on any atom is -0.450 e. The molecule has 354 valence electrons. The van der Waals surface area contributed by atoms with E-state index in [1.54, 1.807) is 25.7 Å². The van der Waals surface area contributed by atoms with Gasteiger partial charge >= 0.3 is 12.2 Å². The summed E-state index contributed by atoms with van der Waals surface area (Å²) >= 11 is 0. The van der Waals surface area contributed by atoms with E-state index in [9.17, 15) is 24.0 Å². The van der Waals surface area contributed by atoms with Crippen LogP contribution >= 0.6 is 12.4 Å². The summed E-state index contributed by atoms with van der Waals surface area (Å²) in [4.78, 5) is 68.2. The lowest BCUT2D eigenvalue weighted by molar-refractivity contribution is -0.132. The van der Waals surface area contributed by atoms with Crippen LogP contribution in [0.3, 0.4) is 0 Å². The maximum Gasteiger partial charge on any atom is 0.409 e. The summed E-state index contributed by atoms with van der Waals surface area (Å²) in [5.74, 6) is 0.375. The number of benzene rings is 2. The zero-order valence-electron chi connectivity index (χ0n) is 39.5. The average molecular weight is 908 g/mol. The molecule has 8 rings (SSSR count). The molecule has 64 heavy (non-hydrogen) atoms. The summed E-state index contributed by atoms with van der Waals surface area (Å²) in [6.07, 6.45) is 8.53. The smallest absolute Gasteiger partial charge is 0.409 e. The van der Waals surface area contributed by atoms with Gasteiger partial charge in [0.15, 0.2) is 0 Å². The molecule has 4 fully saturated rings. The van der Waals surface area contributed by atoms with Crippen molar-refractivity contribution in [1.29, 1.82) is 0 Å². The van der Waals surface area contributed by atoms with Gasteiger partial charge in [-0.25, -0.2) is 9.59 Å². The molecular formula is C50H75ClN6O7. The Balaban J connectivity index is 0.000000198. The Morgan fingerprint density at radius 3 is 1.45 bits per heavy atom. The van der Waals surface area contributed by atoms with E-state index >= 15 is 0 Å². The standard InChI is InChI=1S/C25H37N3O3.C15H20N2O.C10H17NO3.ClH/c1-4-31-23(30)27-15-9-24(3,10-16-27)18-26-13-11-25(12-14-26)19-28(20(2)29)17-21-7-5-6-8-22(21)25;1-12(18)17-10-13-4-2-3-5-14(13)15(11-17)6-8-16-9-7-15;1-3-14-9(13)11-6-4-10(2,8-12)5-7-11;/h5-8H,4,9-19H2,1-3H3;2-5,16H,6-11H2,1H3;8H,3-7H2,1-2H3;1H. The van der Waals surface area contributed by atoms with E-state index in [1.807, 2.05) is 28.5 Å². The molecule has 0 atom stereocenters. The first-order valence-corrected chi connectivity index (χ1v) is 23.6. The predicted molar refractivity (Wildman–Crippen MR) is 251 cm³/mol. The third kappa shape index (κ3) is 12.2. The van der Waals surface area contributed by atoms with E-state index in [1.165, 1.54) is 22.3 Å². The summed E-state index contributed by atoms with van der Waals surface area (Å²) in [5.41, 5.74) is 5.85. The van der Waals surface area contributed by atoms with Gasteiger partial charge < -0.3 is 44.1 Å². The predicted octanol–water partition coefficient (Wildman–Crippen LogP) is 7.18. The molecule has 0 radical (unpaired) electrons. The number of hydrogen-bond acceptors (Lipinski definition) is 9. The monoisotopic (exact) mass is 907 g/mol. The number of carbonyl (C=O) groups is 5. The number of hydrogen-bond donors (Lipinski definition) is 1. The fourth-order valence-corrected chi connectivity index (χ4v) is 10.8. The van der Waals surface area contributed by atoms with Crippen LogP contribution in [0.1, 0.15) is 115 Å². The SMILES string of the molecule is CC(=O)N1Cc2ccccc2C2(CCNCC2)C1.CCOC(=O)N1CCC(C)(C=O)CC1.CCOC(=O)N1CCC(C)(CN2CCC3(CC2)CN(C(C)=O)Cc2ccccc23)CC1.Cl. The number of amides is 4. The van der Waals surface area contributed by atoms with Gasteiger partial charge in [0.2, 0.25) is 11.8 Å². The molecule has 4 amide bonds. The van der Waals surface area contributed by atoms with Gasteiger partial charge in [-0.2, -0.15) is 0 Å². The fraction of sp³-hybridized carbons (Fsp3) is 0.660. The van der Waals surface area contributed by atoms with Gasteiger partial charge in [-0.3, -0.25) is 9.59 Å². The Morgan fingerprint density at radius 2 is 1.03 bits per heavy atom. The van der Waals surface area contributed by atoms with Gasteiger partial charge in [0.25, 0.3) is 0 Å². The Hall–Kier alpha value is -4.20. The van der Waals surface area contributed by atoms with Crippen LogP contribution in [0.4, 0.5) is 9.59 Å². The van der Waals surface area contributed by atoms with Crippen LogP contribution in [0.2, 0.25) is 0 Å². The third-order valence-corrected chi connectivity index (χ3v) is 15.0. The molecule has 1 N–H and O–H groups in total. The van der Waals surface area contributed by atoms with Gasteiger partial charge in [-0.1, -0.05) is 62.4 Å². The average Bonchev–Trinajstić information content (AvgIpc) is 3.28. The molecule has 13 nitrogen and oxygen atoms in total. The Bertz CT molecular complexity index is 1900. The minimum atomic E-state index is -0.263. The molecule has 6 heterocycles. The summed E-state index contributed by atoms with van der Waals surface area (Å²) < 4.78 is 10.0. The molecule has 0 aromatic heterocycles. The van der Waals surface area contributed by atoms with Crippen LogP contribution in [-0.2, 0) is 47.8 Å². The largest absolute Gasteiger partial charge is 0.450 e. The van der Waals surface area contributed by atoms with Crippen molar-refractivity contribution in [1.82, 2.24) is 29.8 Å². The molecular weight excluding hydrogens is 832 g/mol. The number of halogens is 1. The number of rotatable bonds is 5. The van der Waals surface area contributed by atoms with E-state index in [-0.39, 0.29) is 58.1 Å². The van der Waals surface area contributed by atoms with Crippen LogP contribution in [-0.4, -0.2) is 140 Å². The van der Waals surface area contributed by atoms with Crippen molar-refractivity contribution < 1.29 is 33.4 Å².